The van der Waals surface area contributed by atoms with Crippen molar-refractivity contribution < 1.29 is 38.0 Å². The first-order valence-electron chi connectivity index (χ1n) is 19.8. The van der Waals surface area contributed by atoms with Crippen LogP contribution in [0.2, 0.25) is 0 Å². The number of unbranched alkanes of at least 4 members (excludes halogenated alkanes) is 13. The van der Waals surface area contributed by atoms with Gasteiger partial charge in [-0.3, -0.25) is 13.8 Å². The van der Waals surface area contributed by atoms with E-state index >= 15 is 0 Å². The molecule has 0 saturated heterocycles. The lowest BCUT2D eigenvalue weighted by molar-refractivity contribution is -0.870. The number of hydrogen-bond donors (Lipinski definition) is 4. The SMILES string of the molecule is CCCCCCCCCCC/C=C/[C@@H](O)[C@H](COP(=O)(O)OCC[N+](C)(C)C)NC(=O)CCC/C=C\C/C=C\C/C=C\C/C=C\CCCCCO. The Balaban J connectivity index is 4.60. The maximum absolute atomic E-state index is 12.8. The maximum Gasteiger partial charge on any atom is 0.472 e. The average Bonchev–Trinajstić information content (AvgIpc) is 3.07. The largest absolute Gasteiger partial charge is 0.472 e. The molecular formula is C41H76N2O7P+. The van der Waals surface area contributed by atoms with Gasteiger partial charge in [-0.05, 0) is 64.2 Å². The fourth-order valence-electron chi connectivity index (χ4n) is 5.07. The number of allylic oxidation sites excluding steroid dienone is 9. The molecule has 3 atom stereocenters. The Morgan fingerprint density at radius 3 is 1.75 bits per heavy atom. The molecule has 0 aliphatic heterocycles. The van der Waals surface area contributed by atoms with E-state index in [1.807, 2.05) is 27.2 Å². The van der Waals surface area contributed by atoms with Gasteiger partial charge < -0.3 is 24.9 Å². The molecule has 4 N–H and O–H groups in total. The molecule has 0 fully saturated rings. The van der Waals surface area contributed by atoms with Gasteiger partial charge in [-0.2, -0.15) is 0 Å². The van der Waals surface area contributed by atoms with E-state index < -0.39 is 20.0 Å². The number of phosphoric acid groups is 1. The normalized spacial score (nSPS) is 15.2. The Bertz CT molecular complexity index is 1020. The van der Waals surface area contributed by atoms with Crippen molar-refractivity contribution in [2.45, 2.75) is 147 Å². The first-order valence-corrected chi connectivity index (χ1v) is 21.3. The molecule has 0 aromatic heterocycles. The first-order chi connectivity index (χ1) is 24.5. The number of phosphoric ester groups is 1. The zero-order valence-electron chi connectivity index (χ0n) is 32.8. The summed E-state index contributed by atoms with van der Waals surface area (Å²) in [5.74, 6) is -0.245. The van der Waals surface area contributed by atoms with Gasteiger partial charge in [0.25, 0.3) is 0 Å². The van der Waals surface area contributed by atoms with Crippen molar-refractivity contribution in [3.8, 4) is 0 Å². The molecule has 0 aliphatic rings. The number of rotatable bonds is 35. The molecule has 51 heavy (non-hydrogen) atoms. The van der Waals surface area contributed by atoms with Crippen LogP contribution in [0.5, 0.6) is 0 Å². The molecule has 0 bridgehead atoms. The molecule has 9 nitrogen and oxygen atoms in total. The average molecular weight is 740 g/mol. The molecule has 0 aliphatic carbocycles. The highest BCUT2D eigenvalue weighted by Crippen LogP contribution is 2.43. The second kappa shape index (κ2) is 34.0. The Kier molecular flexibility index (Phi) is 32.7. The Hall–Kier alpha value is -1.84. The number of nitrogens with zero attached hydrogens (tertiary/aromatic N) is 1. The van der Waals surface area contributed by atoms with Crippen LogP contribution in [0.25, 0.3) is 0 Å². The Labute approximate surface area is 312 Å². The first kappa shape index (κ1) is 49.2. The summed E-state index contributed by atoms with van der Waals surface area (Å²) < 4.78 is 23.4. The summed E-state index contributed by atoms with van der Waals surface area (Å²) in [6.07, 6.45) is 40.2. The van der Waals surface area contributed by atoms with E-state index in [1.165, 1.54) is 44.9 Å². The van der Waals surface area contributed by atoms with Crippen molar-refractivity contribution in [1.29, 1.82) is 0 Å². The van der Waals surface area contributed by atoms with E-state index in [2.05, 4.69) is 60.8 Å². The van der Waals surface area contributed by atoms with E-state index in [0.717, 1.165) is 70.6 Å². The number of aliphatic hydroxyl groups is 2. The molecule has 0 aromatic carbocycles. The molecule has 10 heteroatoms. The maximum atomic E-state index is 12.8. The minimum absolute atomic E-state index is 0.0435. The van der Waals surface area contributed by atoms with Gasteiger partial charge in [0.05, 0.1) is 39.9 Å². The van der Waals surface area contributed by atoms with E-state index in [4.69, 9.17) is 14.2 Å². The number of aliphatic hydroxyl groups excluding tert-OH is 2. The van der Waals surface area contributed by atoms with Gasteiger partial charge in [-0.1, -0.05) is 125 Å². The van der Waals surface area contributed by atoms with E-state index in [9.17, 15) is 19.4 Å². The lowest BCUT2D eigenvalue weighted by Gasteiger charge is -2.25. The summed E-state index contributed by atoms with van der Waals surface area (Å²) in [6, 6.07) is -0.882. The third-order valence-corrected chi connectivity index (χ3v) is 9.27. The van der Waals surface area contributed by atoms with E-state index in [1.54, 1.807) is 6.08 Å². The van der Waals surface area contributed by atoms with Crippen LogP contribution in [-0.2, 0) is 18.4 Å². The highest BCUT2D eigenvalue weighted by Gasteiger charge is 2.27. The lowest BCUT2D eigenvalue weighted by Crippen LogP contribution is -2.45. The van der Waals surface area contributed by atoms with Gasteiger partial charge in [-0.15, -0.1) is 0 Å². The second-order valence-corrected chi connectivity index (χ2v) is 15.8. The summed E-state index contributed by atoms with van der Waals surface area (Å²) in [6.45, 7) is 2.73. The number of nitrogens with one attached hydrogen (secondary N) is 1. The molecule has 0 saturated carbocycles. The third kappa shape index (κ3) is 36.3. The van der Waals surface area contributed by atoms with Crippen LogP contribution < -0.4 is 5.32 Å². The van der Waals surface area contributed by atoms with Gasteiger partial charge in [0.2, 0.25) is 5.91 Å². The standard InChI is InChI=1S/C41H75N2O7P/c1-5-6-7-8-9-10-18-21-24-27-30-33-40(45)39(38-50-51(47,48)49-37-35-43(2,3)4)42-41(46)34-31-28-25-22-19-16-14-12-11-13-15-17-20-23-26-29-32-36-44/h11,13-14,16-17,20,22,25,30,33,39-40,44-45H,5-10,12,15,18-19,21,23-24,26-29,31-32,34-38H2,1-4H3,(H-,42,46,47,48)/p+1/b13-11-,16-14-,20-17-,25-22-,33-30+/t39-,40+/m0/s1. The van der Waals surface area contributed by atoms with Crippen LogP contribution >= 0.6 is 7.82 Å². The summed E-state index contributed by atoms with van der Waals surface area (Å²) >= 11 is 0. The van der Waals surface area contributed by atoms with Crippen LogP contribution in [-0.4, -0.2) is 85.2 Å². The molecule has 0 spiro atoms. The van der Waals surface area contributed by atoms with Gasteiger partial charge in [0.15, 0.2) is 0 Å². The summed E-state index contributed by atoms with van der Waals surface area (Å²) in [7, 11) is 1.51. The smallest absolute Gasteiger partial charge is 0.396 e. The molecule has 1 amide bonds. The monoisotopic (exact) mass is 740 g/mol. The van der Waals surface area contributed by atoms with Crippen molar-refractivity contribution in [2.75, 3.05) is 47.5 Å². The van der Waals surface area contributed by atoms with E-state index in [-0.39, 0.29) is 32.1 Å². The van der Waals surface area contributed by atoms with Crippen LogP contribution in [0.15, 0.2) is 60.8 Å². The van der Waals surface area contributed by atoms with Crippen LogP contribution in [0.4, 0.5) is 0 Å². The molecule has 0 heterocycles. The van der Waals surface area contributed by atoms with Gasteiger partial charge in [0.1, 0.15) is 13.2 Å². The number of hydrogen-bond acceptors (Lipinski definition) is 6. The predicted molar refractivity (Wildman–Crippen MR) is 213 cm³/mol. The predicted octanol–water partition coefficient (Wildman–Crippen LogP) is 9.27. The number of carbonyl (C=O) groups excluding carboxylic acids is 1. The van der Waals surface area contributed by atoms with Crippen LogP contribution in [0.3, 0.4) is 0 Å². The zero-order chi connectivity index (χ0) is 37.9. The minimum Gasteiger partial charge on any atom is -0.396 e. The minimum atomic E-state index is -4.35. The number of quaternary nitrogens is 1. The van der Waals surface area contributed by atoms with E-state index in [0.29, 0.717) is 17.4 Å². The molecular weight excluding hydrogens is 663 g/mol. The second-order valence-electron chi connectivity index (χ2n) is 14.4. The summed E-state index contributed by atoms with van der Waals surface area (Å²) in [5.41, 5.74) is 0. The molecule has 0 aromatic rings. The van der Waals surface area contributed by atoms with Crippen molar-refractivity contribution >= 4 is 13.7 Å². The number of likely N-dealkylation sites (N-methyl/N-ethyl adjacent to an activating group) is 1. The van der Waals surface area contributed by atoms with Gasteiger partial charge in [-0.25, -0.2) is 4.57 Å². The zero-order valence-corrected chi connectivity index (χ0v) is 33.7. The Morgan fingerprint density at radius 1 is 0.706 bits per heavy atom. The van der Waals surface area contributed by atoms with Crippen molar-refractivity contribution in [2.24, 2.45) is 0 Å². The highest BCUT2D eigenvalue weighted by atomic mass is 31.2. The van der Waals surface area contributed by atoms with Crippen molar-refractivity contribution in [1.82, 2.24) is 5.32 Å². The number of amides is 1. The van der Waals surface area contributed by atoms with Crippen LogP contribution in [0.1, 0.15) is 135 Å². The molecule has 0 radical (unpaired) electrons. The Morgan fingerprint density at radius 2 is 1.20 bits per heavy atom. The highest BCUT2D eigenvalue weighted by molar-refractivity contribution is 7.47. The lowest BCUT2D eigenvalue weighted by atomic mass is 10.1. The quantitative estimate of drug-likeness (QED) is 0.0221. The fraction of sp³-hybridized carbons (Fsp3) is 0.732. The number of carbonyl (C=O) groups is 1. The van der Waals surface area contributed by atoms with Crippen molar-refractivity contribution in [3.05, 3.63) is 60.8 Å². The molecule has 296 valence electrons. The topological polar surface area (TPSA) is 125 Å². The fourth-order valence-corrected chi connectivity index (χ4v) is 5.80. The van der Waals surface area contributed by atoms with Gasteiger partial charge >= 0.3 is 7.82 Å². The molecule has 0 rings (SSSR count). The van der Waals surface area contributed by atoms with Gasteiger partial charge in [0, 0.05) is 13.0 Å². The summed E-state index contributed by atoms with van der Waals surface area (Å²) in [5, 5.41) is 22.5. The molecule has 1 unspecified atom stereocenters. The summed E-state index contributed by atoms with van der Waals surface area (Å²) in [4.78, 5) is 23.0. The third-order valence-electron chi connectivity index (χ3n) is 8.29. The van der Waals surface area contributed by atoms with Crippen LogP contribution in [0, 0.1) is 0 Å². The van der Waals surface area contributed by atoms with Crippen molar-refractivity contribution in [3.63, 3.8) is 0 Å².